The molecule has 0 aliphatic carbocycles. The number of thiophene rings is 1. The van der Waals surface area contributed by atoms with Crippen LogP contribution in [0.5, 0.6) is 0 Å². The van der Waals surface area contributed by atoms with Crippen molar-refractivity contribution in [3.63, 3.8) is 0 Å². The predicted octanol–water partition coefficient (Wildman–Crippen LogP) is 3.35. The van der Waals surface area contributed by atoms with Gasteiger partial charge in [0, 0.05) is 29.8 Å². The topological polar surface area (TPSA) is 49.3 Å². The number of nitrogens with one attached hydrogen (secondary N) is 2. The molecule has 2 aromatic rings. The molecule has 4 nitrogen and oxygen atoms in total. The standard InChI is InChI=1S/C14H20N4S2.HI/c1-10-13(20-11(2)18-10)6-7-16-14(15-3)17-9-12-5-4-8-19-12;/h4-5,8H,6-7,9H2,1-3H3,(H2,15,16,17);1H. The number of thiazole rings is 1. The Morgan fingerprint density at radius 2 is 2.14 bits per heavy atom. The first-order valence-corrected chi connectivity index (χ1v) is 8.28. The Morgan fingerprint density at radius 3 is 2.71 bits per heavy atom. The van der Waals surface area contributed by atoms with Gasteiger partial charge in [-0.2, -0.15) is 0 Å². The van der Waals surface area contributed by atoms with Crippen LogP contribution in [0.15, 0.2) is 22.5 Å². The molecule has 0 bridgehead atoms. The molecule has 116 valence electrons. The van der Waals surface area contributed by atoms with Gasteiger partial charge < -0.3 is 10.6 Å². The number of hydrogen-bond donors (Lipinski definition) is 2. The van der Waals surface area contributed by atoms with Crippen molar-refractivity contribution >= 4 is 52.6 Å². The Balaban J connectivity index is 0.00000220. The first-order chi connectivity index (χ1) is 9.69. The van der Waals surface area contributed by atoms with Crippen molar-refractivity contribution in [2.24, 2.45) is 4.99 Å². The summed E-state index contributed by atoms with van der Waals surface area (Å²) in [5, 5.41) is 9.88. The lowest BCUT2D eigenvalue weighted by Crippen LogP contribution is -2.37. The molecule has 2 N–H and O–H groups in total. The van der Waals surface area contributed by atoms with Gasteiger partial charge in [0.15, 0.2) is 5.96 Å². The average molecular weight is 436 g/mol. The van der Waals surface area contributed by atoms with Gasteiger partial charge in [-0.1, -0.05) is 6.07 Å². The van der Waals surface area contributed by atoms with E-state index in [0.717, 1.165) is 36.2 Å². The number of halogens is 1. The summed E-state index contributed by atoms with van der Waals surface area (Å²) in [7, 11) is 1.80. The van der Waals surface area contributed by atoms with E-state index < -0.39 is 0 Å². The molecule has 7 heteroatoms. The fraction of sp³-hybridized carbons (Fsp3) is 0.429. The van der Waals surface area contributed by atoms with Gasteiger partial charge in [-0.15, -0.1) is 46.7 Å². The molecular formula is C14H21IN4S2. The zero-order valence-corrected chi connectivity index (χ0v) is 16.4. The van der Waals surface area contributed by atoms with Crippen LogP contribution in [-0.4, -0.2) is 24.5 Å². The Hall–Kier alpha value is -0.670. The lowest BCUT2D eigenvalue weighted by molar-refractivity contribution is 0.801. The zero-order chi connectivity index (χ0) is 14.4. The normalized spacial score (nSPS) is 11.1. The van der Waals surface area contributed by atoms with E-state index in [1.54, 1.807) is 29.7 Å². The molecule has 0 unspecified atom stereocenters. The van der Waals surface area contributed by atoms with E-state index in [1.165, 1.54) is 9.75 Å². The van der Waals surface area contributed by atoms with Crippen molar-refractivity contribution < 1.29 is 0 Å². The van der Waals surface area contributed by atoms with Crippen LogP contribution in [0.2, 0.25) is 0 Å². The summed E-state index contributed by atoms with van der Waals surface area (Å²) in [6.07, 6.45) is 0.983. The van der Waals surface area contributed by atoms with Gasteiger partial charge >= 0.3 is 0 Å². The van der Waals surface area contributed by atoms with Crippen LogP contribution in [0.1, 0.15) is 20.5 Å². The molecule has 0 aliphatic rings. The minimum absolute atomic E-state index is 0. The van der Waals surface area contributed by atoms with Gasteiger partial charge in [-0.25, -0.2) is 4.98 Å². The minimum Gasteiger partial charge on any atom is -0.356 e. The highest BCUT2D eigenvalue weighted by Crippen LogP contribution is 2.17. The van der Waals surface area contributed by atoms with Crippen LogP contribution in [0.25, 0.3) is 0 Å². The highest BCUT2D eigenvalue weighted by molar-refractivity contribution is 14.0. The summed E-state index contributed by atoms with van der Waals surface area (Å²) in [5.41, 5.74) is 1.15. The molecule has 0 saturated carbocycles. The summed E-state index contributed by atoms with van der Waals surface area (Å²) in [6, 6.07) is 4.18. The smallest absolute Gasteiger partial charge is 0.191 e. The molecule has 0 aromatic carbocycles. The lowest BCUT2D eigenvalue weighted by Gasteiger charge is -2.10. The van der Waals surface area contributed by atoms with Gasteiger partial charge in [0.1, 0.15) is 0 Å². The number of aliphatic imine (C=N–C) groups is 1. The average Bonchev–Trinajstić information content (AvgIpc) is 3.04. The van der Waals surface area contributed by atoms with Crippen molar-refractivity contribution in [1.82, 2.24) is 15.6 Å². The molecule has 0 radical (unpaired) electrons. The van der Waals surface area contributed by atoms with Crippen molar-refractivity contribution in [1.29, 1.82) is 0 Å². The van der Waals surface area contributed by atoms with E-state index >= 15 is 0 Å². The summed E-state index contributed by atoms with van der Waals surface area (Å²) in [5.74, 6) is 0.845. The van der Waals surface area contributed by atoms with Crippen LogP contribution < -0.4 is 10.6 Å². The molecule has 2 rings (SSSR count). The van der Waals surface area contributed by atoms with E-state index in [2.05, 4.69) is 52.0 Å². The third-order valence-electron chi connectivity index (χ3n) is 2.88. The van der Waals surface area contributed by atoms with Crippen LogP contribution in [0, 0.1) is 13.8 Å². The van der Waals surface area contributed by atoms with Gasteiger partial charge in [-0.05, 0) is 25.3 Å². The third-order valence-corrected chi connectivity index (χ3v) is 4.89. The molecule has 0 aliphatic heterocycles. The van der Waals surface area contributed by atoms with Crippen LogP contribution in [0.4, 0.5) is 0 Å². The van der Waals surface area contributed by atoms with Crippen LogP contribution in [0.3, 0.4) is 0 Å². The molecule has 0 spiro atoms. The quantitative estimate of drug-likeness (QED) is 0.430. The Bertz CT molecular complexity index is 564. The second-order valence-electron chi connectivity index (χ2n) is 4.42. The van der Waals surface area contributed by atoms with Crippen molar-refractivity contribution in [2.45, 2.75) is 26.8 Å². The molecule has 0 atom stereocenters. The first-order valence-electron chi connectivity index (χ1n) is 6.59. The zero-order valence-electron chi connectivity index (χ0n) is 12.5. The first kappa shape index (κ1) is 18.4. The summed E-state index contributed by atoms with van der Waals surface area (Å²) in [6.45, 7) is 5.81. The van der Waals surface area contributed by atoms with Crippen molar-refractivity contribution in [3.8, 4) is 0 Å². The second-order valence-corrected chi connectivity index (χ2v) is 6.74. The van der Waals surface area contributed by atoms with Gasteiger partial charge in [0.05, 0.1) is 17.2 Å². The maximum absolute atomic E-state index is 4.45. The minimum atomic E-state index is 0. The molecule has 0 saturated heterocycles. The maximum Gasteiger partial charge on any atom is 0.191 e. The van der Waals surface area contributed by atoms with E-state index in [0.29, 0.717) is 0 Å². The number of aryl methyl sites for hydroxylation is 2. The Kier molecular flexibility index (Phi) is 8.20. The monoisotopic (exact) mass is 436 g/mol. The van der Waals surface area contributed by atoms with E-state index in [4.69, 9.17) is 0 Å². The van der Waals surface area contributed by atoms with Gasteiger partial charge in [0.25, 0.3) is 0 Å². The number of hydrogen-bond acceptors (Lipinski definition) is 4. The molecule has 2 heterocycles. The molecule has 2 aromatic heterocycles. The fourth-order valence-corrected chi connectivity index (χ4v) is 3.49. The highest BCUT2D eigenvalue weighted by atomic mass is 127. The molecule has 21 heavy (non-hydrogen) atoms. The third kappa shape index (κ3) is 5.91. The van der Waals surface area contributed by atoms with E-state index in [1.807, 2.05) is 0 Å². The van der Waals surface area contributed by atoms with Crippen molar-refractivity contribution in [3.05, 3.63) is 38.0 Å². The maximum atomic E-state index is 4.45. The summed E-state index contributed by atoms with van der Waals surface area (Å²) >= 11 is 3.52. The number of rotatable bonds is 5. The summed E-state index contributed by atoms with van der Waals surface area (Å²) < 4.78 is 0. The van der Waals surface area contributed by atoms with Gasteiger partial charge in [-0.3, -0.25) is 4.99 Å². The predicted molar refractivity (Wildman–Crippen MR) is 103 cm³/mol. The van der Waals surface area contributed by atoms with E-state index in [-0.39, 0.29) is 24.0 Å². The number of nitrogens with zero attached hydrogens (tertiary/aromatic N) is 2. The van der Waals surface area contributed by atoms with Crippen LogP contribution in [-0.2, 0) is 13.0 Å². The van der Waals surface area contributed by atoms with E-state index in [9.17, 15) is 0 Å². The number of guanidine groups is 1. The van der Waals surface area contributed by atoms with Gasteiger partial charge in [0.2, 0.25) is 0 Å². The second kappa shape index (κ2) is 9.37. The largest absolute Gasteiger partial charge is 0.356 e. The SMILES string of the molecule is CN=C(NCCc1sc(C)nc1C)NCc1cccs1.I. The molecule has 0 amide bonds. The van der Waals surface area contributed by atoms with Crippen LogP contribution >= 0.6 is 46.7 Å². The fourth-order valence-electron chi connectivity index (χ4n) is 1.90. The number of aromatic nitrogens is 1. The highest BCUT2D eigenvalue weighted by Gasteiger charge is 2.05. The molecular weight excluding hydrogens is 415 g/mol. The lowest BCUT2D eigenvalue weighted by atomic mass is 10.3. The Morgan fingerprint density at radius 1 is 1.33 bits per heavy atom. The summed E-state index contributed by atoms with van der Waals surface area (Å²) in [4.78, 5) is 11.3. The Labute approximate surface area is 151 Å². The van der Waals surface area contributed by atoms with Crippen molar-refractivity contribution in [2.75, 3.05) is 13.6 Å². The molecule has 0 fully saturated rings.